The Kier molecular flexibility index (Phi) is 7.67. The summed E-state index contributed by atoms with van der Waals surface area (Å²) in [5.41, 5.74) is 14.8. The van der Waals surface area contributed by atoms with Crippen molar-refractivity contribution in [2.75, 3.05) is 4.90 Å². The number of aromatic nitrogens is 1. The molecule has 0 saturated carbocycles. The lowest BCUT2D eigenvalue weighted by Crippen LogP contribution is -2.63. The first-order chi connectivity index (χ1) is 32.0. The van der Waals surface area contributed by atoms with Crippen LogP contribution in [0.2, 0.25) is 13.1 Å². The topological polar surface area (TPSA) is 8.17 Å². The van der Waals surface area contributed by atoms with Crippen molar-refractivity contribution in [2.45, 2.75) is 18.5 Å². The van der Waals surface area contributed by atoms with Crippen LogP contribution in [0.3, 0.4) is 0 Å². The fourth-order valence-corrected chi connectivity index (χ4v) is 16.4. The number of hydrogen-bond donors (Lipinski definition) is 0. The summed E-state index contributed by atoms with van der Waals surface area (Å²) in [6, 6.07) is 82.6. The fraction of sp³-hybridized carbons (Fsp3) is 0.0492. The summed E-state index contributed by atoms with van der Waals surface area (Å²) in [7, 11) is -2.29. The maximum Gasteiger partial charge on any atom is 0.113 e. The minimum Gasteiger partial charge on any atom is -0.310 e. The molecule has 2 aromatic heterocycles. The zero-order valence-electron chi connectivity index (χ0n) is 36.1. The molecule has 0 bridgehead atoms. The summed E-state index contributed by atoms with van der Waals surface area (Å²) in [4.78, 5) is 2.48. The van der Waals surface area contributed by atoms with Crippen LogP contribution in [0.25, 0.3) is 69.6 Å². The minimum absolute atomic E-state index is 0.478. The van der Waals surface area contributed by atoms with Gasteiger partial charge in [0.25, 0.3) is 0 Å². The predicted octanol–water partition coefficient (Wildman–Crippen LogP) is 15.3. The second-order valence-corrected chi connectivity index (χ2v) is 23.8. The van der Waals surface area contributed by atoms with Crippen molar-refractivity contribution in [3.8, 4) is 16.8 Å². The van der Waals surface area contributed by atoms with Crippen molar-refractivity contribution in [2.24, 2.45) is 0 Å². The van der Waals surface area contributed by atoms with Gasteiger partial charge in [0.1, 0.15) is 8.07 Å². The van der Waals surface area contributed by atoms with Gasteiger partial charge >= 0.3 is 0 Å². The van der Waals surface area contributed by atoms with Gasteiger partial charge in [0.2, 0.25) is 0 Å². The van der Waals surface area contributed by atoms with E-state index in [1.165, 1.54) is 108 Å². The molecule has 14 rings (SSSR count). The van der Waals surface area contributed by atoms with Gasteiger partial charge in [0.15, 0.2) is 0 Å². The molecule has 1 unspecified atom stereocenters. The Morgan fingerprint density at radius 3 is 1.95 bits per heavy atom. The molecule has 1 atom stereocenters. The molecule has 65 heavy (non-hydrogen) atoms. The number of anilines is 3. The van der Waals surface area contributed by atoms with Gasteiger partial charge in [-0.2, -0.15) is 0 Å². The average molecular weight is 863 g/mol. The second-order valence-electron chi connectivity index (χ2n) is 18.4. The summed E-state index contributed by atoms with van der Waals surface area (Å²) in [6.45, 7) is 5.13. The highest BCUT2D eigenvalue weighted by Crippen LogP contribution is 2.56. The Morgan fingerprint density at radius 1 is 0.415 bits per heavy atom. The van der Waals surface area contributed by atoms with E-state index < -0.39 is 13.5 Å². The van der Waals surface area contributed by atoms with Crippen LogP contribution in [0.15, 0.2) is 218 Å². The Labute approximate surface area is 382 Å². The van der Waals surface area contributed by atoms with Gasteiger partial charge in [-0.05, 0) is 121 Å². The number of fused-ring (bicyclic) bond motifs is 14. The third-order valence-corrected chi connectivity index (χ3v) is 19.5. The molecule has 0 radical (unpaired) electrons. The lowest BCUT2D eigenvalue weighted by molar-refractivity contribution is 0.754. The molecule has 4 heteroatoms. The SMILES string of the molecule is C[Si]1(C)c2ccccc2C2(c3ccccc3-c3cccc4cccc2c34)c2ccc(N(c3ccccc3)c3ccc4c(c3)c3ccccc3n4-c3ccc4c(c3)sc3ccccc34)cc21. The van der Waals surface area contributed by atoms with E-state index in [-0.39, 0.29) is 0 Å². The van der Waals surface area contributed by atoms with Crippen molar-refractivity contribution in [3.05, 3.63) is 241 Å². The molecule has 0 amide bonds. The van der Waals surface area contributed by atoms with Gasteiger partial charge in [0.05, 0.1) is 16.4 Å². The Bertz CT molecular complexity index is 3950. The Hall–Kier alpha value is -7.50. The highest BCUT2D eigenvalue weighted by Gasteiger charge is 2.52. The standard InChI is InChI=1S/C61H42N2SSi/c1-65(2)58-29-13-10-25-51(58)61(50-24-9-6-20-44(50)48-23-14-16-39-17-15-26-53(61)60(39)48)52-34-31-43(38-59(52)65)62(40-18-4-3-5-19-40)41-32-35-55-49(36-41)45-21-7-11-27-54(45)63(55)42-30-33-47-46-22-8-12-28-56(46)64-57(47)37-42/h3-38H,1-2H3. The van der Waals surface area contributed by atoms with Crippen LogP contribution >= 0.6 is 11.3 Å². The molecule has 0 saturated heterocycles. The van der Waals surface area contributed by atoms with Crippen LogP contribution in [0.4, 0.5) is 17.1 Å². The number of benzene rings is 10. The normalized spacial score (nSPS) is 15.7. The van der Waals surface area contributed by atoms with Gasteiger partial charge in [-0.3, -0.25) is 0 Å². The zero-order chi connectivity index (χ0) is 43.0. The molecule has 1 aliphatic carbocycles. The first-order valence-electron chi connectivity index (χ1n) is 22.7. The Morgan fingerprint density at radius 2 is 1.06 bits per heavy atom. The number of nitrogens with zero attached hydrogens (tertiary/aromatic N) is 2. The smallest absolute Gasteiger partial charge is 0.113 e. The third-order valence-electron chi connectivity index (χ3n) is 14.8. The second kappa shape index (κ2) is 13.5. The molecular weight excluding hydrogens is 821 g/mol. The molecule has 10 aromatic carbocycles. The van der Waals surface area contributed by atoms with Crippen molar-refractivity contribution >= 4 is 99.6 Å². The highest BCUT2D eigenvalue weighted by atomic mass is 32.1. The maximum atomic E-state index is 2.57. The molecule has 12 aromatic rings. The molecule has 306 valence electrons. The monoisotopic (exact) mass is 862 g/mol. The number of rotatable bonds is 4. The van der Waals surface area contributed by atoms with Crippen LogP contribution in [-0.2, 0) is 5.41 Å². The van der Waals surface area contributed by atoms with E-state index in [1.807, 2.05) is 11.3 Å². The number of para-hydroxylation sites is 2. The van der Waals surface area contributed by atoms with E-state index in [0.29, 0.717) is 0 Å². The molecule has 1 spiro atoms. The molecule has 3 heterocycles. The van der Waals surface area contributed by atoms with Crippen molar-refractivity contribution in [1.29, 1.82) is 0 Å². The fourth-order valence-electron chi connectivity index (χ4n) is 12.1. The van der Waals surface area contributed by atoms with Crippen molar-refractivity contribution < 1.29 is 0 Å². The largest absolute Gasteiger partial charge is 0.310 e. The Balaban J connectivity index is 1.00. The lowest BCUT2D eigenvalue weighted by Gasteiger charge is -2.50. The minimum atomic E-state index is -2.29. The van der Waals surface area contributed by atoms with Gasteiger partial charge in [-0.25, -0.2) is 0 Å². The lowest BCUT2D eigenvalue weighted by atomic mass is 9.59. The summed E-state index contributed by atoms with van der Waals surface area (Å²) < 4.78 is 5.09. The molecule has 0 fully saturated rings. The van der Waals surface area contributed by atoms with Crippen LogP contribution in [0, 0.1) is 0 Å². The van der Waals surface area contributed by atoms with E-state index in [1.54, 1.807) is 0 Å². The van der Waals surface area contributed by atoms with Crippen LogP contribution < -0.4 is 15.3 Å². The van der Waals surface area contributed by atoms with Crippen LogP contribution in [0.5, 0.6) is 0 Å². The van der Waals surface area contributed by atoms with Gasteiger partial charge in [-0.1, -0.05) is 165 Å². The van der Waals surface area contributed by atoms with Gasteiger partial charge in [-0.15, -0.1) is 11.3 Å². The van der Waals surface area contributed by atoms with Crippen LogP contribution in [0.1, 0.15) is 22.3 Å². The first kappa shape index (κ1) is 36.9. The van der Waals surface area contributed by atoms with E-state index >= 15 is 0 Å². The highest BCUT2D eigenvalue weighted by molar-refractivity contribution is 7.25. The zero-order valence-corrected chi connectivity index (χ0v) is 37.9. The predicted molar refractivity (Wildman–Crippen MR) is 280 cm³/mol. The van der Waals surface area contributed by atoms with Gasteiger partial charge < -0.3 is 9.47 Å². The first-order valence-corrected chi connectivity index (χ1v) is 26.5. The maximum absolute atomic E-state index is 2.57. The summed E-state index contributed by atoms with van der Waals surface area (Å²) in [5, 5.41) is 10.8. The van der Waals surface area contributed by atoms with Crippen molar-refractivity contribution in [3.63, 3.8) is 0 Å². The molecule has 2 aliphatic rings. The summed E-state index contributed by atoms with van der Waals surface area (Å²) in [5.74, 6) is 0. The summed E-state index contributed by atoms with van der Waals surface area (Å²) in [6.07, 6.45) is 0. The molecule has 2 nitrogen and oxygen atoms in total. The quantitative estimate of drug-likeness (QED) is 0.160. The third kappa shape index (κ3) is 4.98. The average Bonchev–Trinajstić information content (AvgIpc) is 3.90. The van der Waals surface area contributed by atoms with E-state index in [9.17, 15) is 0 Å². The van der Waals surface area contributed by atoms with Gasteiger partial charge in [0, 0.05) is 53.7 Å². The van der Waals surface area contributed by atoms with Crippen LogP contribution in [-0.4, -0.2) is 12.6 Å². The number of hydrogen-bond acceptors (Lipinski definition) is 2. The summed E-state index contributed by atoms with van der Waals surface area (Å²) >= 11 is 1.87. The van der Waals surface area contributed by atoms with E-state index in [4.69, 9.17) is 0 Å². The number of thiophene rings is 1. The molecule has 0 N–H and O–H groups in total. The molecule has 1 aliphatic heterocycles. The molecular formula is C61H42N2SSi. The van der Waals surface area contributed by atoms with E-state index in [2.05, 4.69) is 241 Å². The van der Waals surface area contributed by atoms with E-state index in [0.717, 1.165) is 11.4 Å². The van der Waals surface area contributed by atoms with Crippen molar-refractivity contribution in [1.82, 2.24) is 4.57 Å².